The Kier molecular flexibility index (Phi) is 4.80. The molecular formula is C22H14F3N7O2. The minimum Gasteiger partial charge on any atom is -0.352 e. The second-order valence-corrected chi connectivity index (χ2v) is 7.37. The number of halogens is 3. The first-order valence-corrected chi connectivity index (χ1v) is 9.84. The van der Waals surface area contributed by atoms with Crippen LogP contribution in [0.4, 0.5) is 18.9 Å². The highest BCUT2D eigenvalue weighted by atomic mass is 19.4. The van der Waals surface area contributed by atoms with Crippen molar-refractivity contribution in [2.24, 2.45) is 7.05 Å². The van der Waals surface area contributed by atoms with Crippen molar-refractivity contribution >= 4 is 40.3 Å². The Labute approximate surface area is 189 Å². The largest absolute Gasteiger partial charge is 0.434 e. The van der Waals surface area contributed by atoms with E-state index < -0.39 is 23.3 Å². The fraction of sp³-hybridized carbons (Fsp3) is 0.0909. The molecule has 2 N–H and O–H groups in total. The Morgan fingerprint density at radius 1 is 1.18 bits per heavy atom. The van der Waals surface area contributed by atoms with E-state index in [9.17, 15) is 22.8 Å². The molecule has 1 aliphatic heterocycles. The Morgan fingerprint density at radius 3 is 2.76 bits per heavy atom. The van der Waals surface area contributed by atoms with Gasteiger partial charge in [-0.05, 0) is 18.2 Å². The fourth-order valence-electron chi connectivity index (χ4n) is 3.78. The highest BCUT2D eigenvalue weighted by Gasteiger charge is 2.41. The molecular weight excluding hydrogens is 451 g/mol. The van der Waals surface area contributed by atoms with Crippen molar-refractivity contribution in [2.75, 3.05) is 5.32 Å². The van der Waals surface area contributed by atoms with Crippen molar-refractivity contribution in [3.05, 3.63) is 71.4 Å². The number of anilines is 1. The van der Waals surface area contributed by atoms with Gasteiger partial charge in [0.15, 0.2) is 17.3 Å². The number of pyridine rings is 1. The lowest BCUT2D eigenvalue weighted by Crippen LogP contribution is -2.21. The van der Waals surface area contributed by atoms with E-state index in [-0.39, 0.29) is 17.1 Å². The van der Waals surface area contributed by atoms with E-state index in [1.807, 2.05) is 0 Å². The third kappa shape index (κ3) is 3.42. The zero-order valence-electron chi connectivity index (χ0n) is 17.4. The minimum absolute atomic E-state index is 0.0489. The smallest absolute Gasteiger partial charge is 0.352 e. The summed E-state index contributed by atoms with van der Waals surface area (Å²) in [7, 11) is 1.69. The zero-order chi connectivity index (χ0) is 24.0. The summed E-state index contributed by atoms with van der Waals surface area (Å²) in [5.41, 5.74) is -0.339. The molecule has 0 atom stereocenters. The van der Waals surface area contributed by atoms with Crippen LogP contribution in [0.3, 0.4) is 0 Å². The first-order chi connectivity index (χ1) is 16.3. The number of amides is 1. The van der Waals surface area contributed by atoms with Crippen LogP contribution < -0.4 is 10.6 Å². The summed E-state index contributed by atoms with van der Waals surface area (Å²) < 4.78 is 44.6. The number of alkyl halides is 3. The summed E-state index contributed by atoms with van der Waals surface area (Å²) in [4.78, 5) is 28.3. The number of aryl methyl sites for hydroxylation is 1. The third-order valence-corrected chi connectivity index (χ3v) is 5.27. The molecule has 0 spiro atoms. The summed E-state index contributed by atoms with van der Waals surface area (Å²) in [6, 6.07) is 6.04. The van der Waals surface area contributed by atoms with Gasteiger partial charge in [-0.3, -0.25) is 9.48 Å². The van der Waals surface area contributed by atoms with E-state index in [1.54, 1.807) is 25.1 Å². The number of benzene rings is 1. The van der Waals surface area contributed by atoms with Gasteiger partial charge in [-0.1, -0.05) is 12.1 Å². The quantitative estimate of drug-likeness (QED) is 0.450. The van der Waals surface area contributed by atoms with E-state index in [4.69, 9.17) is 0 Å². The second-order valence-electron chi connectivity index (χ2n) is 7.37. The Bertz CT molecular complexity index is 1540. The summed E-state index contributed by atoms with van der Waals surface area (Å²) >= 11 is 0. The van der Waals surface area contributed by atoms with Crippen molar-refractivity contribution in [1.82, 2.24) is 29.9 Å². The van der Waals surface area contributed by atoms with Crippen molar-refractivity contribution in [3.63, 3.8) is 0 Å². The van der Waals surface area contributed by atoms with Crippen LogP contribution >= 0.6 is 0 Å². The molecule has 1 aliphatic rings. The number of hydrogen-bond acceptors (Lipinski definition) is 6. The Morgan fingerprint density at radius 2 is 2.00 bits per heavy atom. The molecule has 1 amide bonds. The first kappa shape index (κ1) is 21.2. The van der Waals surface area contributed by atoms with E-state index in [1.165, 1.54) is 41.5 Å². The van der Waals surface area contributed by atoms with Gasteiger partial charge < -0.3 is 10.6 Å². The highest BCUT2D eigenvalue weighted by molar-refractivity contribution is 6.05. The molecule has 5 rings (SSSR count). The Hall–Kier alpha value is -4.70. The van der Waals surface area contributed by atoms with Crippen LogP contribution in [-0.4, -0.2) is 36.4 Å². The molecule has 0 bridgehead atoms. The molecule has 4 aromatic rings. The van der Waals surface area contributed by atoms with Crippen LogP contribution in [0, 0.1) is 0 Å². The lowest BCUT2D eigenvalue weighted by Gasteiger charge is -2.19. The zero-order valence-corrected chi connectivity index (χ0v) is 17.4. The number of nitrogens with one attached hydrogen (secondary N) is 2. The minimum atomic E-state index is -4.91. The highest BCUT2D eigenvalue weighted by Crippen LogP contribution is 2.36. The average Bonchev–Trinajstić information content (AvgIpc) is 3.42. The van der Waals surface area contributed by atoms with Crippen LogP contribution in [0.1, 0.15) is 27.2 Å². The van der Waals surface area contributed by atoms with Crippen molar-refractivity contribution in [2.45, 2.75) is 6.18 Å². The molecule has 0 aliphatic carbocycles. The Balaban J connectivity index is 1.58. The lowest BCUT2D eigenvalue weighted by atomic mass is 10.0. The number of aromatic nitrogens is 5. The molecule has 12 heteroatoms. The summed E-state index contributed by atoms with van der Waals surface area (Å²) in [5, 5.41) is 13.7. The molecule has 3 aromatic heterocycles. The van der Waals surface area contributed by atoms with Gasteiger partial charge in [0.25, 0.3) is 5.91 Å². The number of fused-ring (bicyclic) bond motifs is 2. The van der Waals surface area contributed by atoms with Gasteiger partial charge in [-0.15, -0.1) is 0 Å². The number of nitrogens with zero attached hydrogens (tertiary/aromatic N) is 5. The van der Waals surface area contributed by atoms with Crippen molar-refractivity contribution < 1.29 is 22.8 Å². The maximum absolute atomic E-state index is 14.2. The molecule has 4 heterocycles. The molecule has 170 valence electrons. The maximum Gasteiger partial charge on any atom is 0.434 e. The van der Waals surface area contributed by atoms with E-state index in [0.717, 1.165) is 6.20 Å². The van der Waals surface area contributed by atoms with E-state index in [2.05, 4.69) is 25.8 Å². The fourth-order valence-corrected chi connectivity index (χ4v) is 3.78. The second kappa shape index (κ2) is 7.71. The van der Waals surface area contributed by atoms with Gasteiger partial charge in [-0.2, -0.15) is 23.4 Å². The summed E-state index contributed by atoms with van der Waals surface area (Å²) in [6.45, 7) is 0. The molecule has 0 radical (unpaired) electrons. The number of rotatable bonds is 3. The topological polar surface area (TPSA) is 107 Å². The van der Waals surface area contributed by atoms with Crippen LogP contribution in [0.25, 0.3) is 28.5 Å². The molecule has 0 saturated carbocycles. The molecule has 0 saturated heterocycles. The van der Waals surface area contributed by atoms with Crippen molar-refractivity contribution in [1.29, 1.82) is 0 Å². The molecule has 1 aromatic carbocycles. The van der Waals surface area contributed by atoms with Crippen LogP contribution in [-0.2, 0) is 18.0 Å². The molecule has 34 heavy (non-hydrogen) atoms. The number of hydrogen-bond donors (Lipinski definition) is 2. The standard InChI is InChI=1S/C22H14F3N7O2/c1-31-20-12(8-28-31)7-13(9-27-20)30-21(34)16-10-29-32(19(16)22(23,24)25)18-4-2-3-14-15(18)5-6-26-17(14)11-33/h2-10,26H,1H3,(H,30,34). The van der Waals surface area contributed by atoms with Gasteiger partial charge >= 0.3 is 6.18 Å². The van der Waals surface area contributed by atoms with Crippen LogP contribution in [0.15, 0.2) is 49.1 Å². The predicted octanol–water partition coefficient (Wildman–Crippen LogP) is 3.17. The van der Waals surface area contributed by atoms with Gasteiger partial charge in [0.05, 0.1) is 35.5 Å². The summed E-state index contributed by atoms with van der Waals surface area (Å²) in [6.07, 6.45) is 1.74. The SMILES string of the molecule is Cn1ncc2cc(NC(=O)c3cnn(-c4cccc5c4C=CNC5=C=O)c3C(F)(F)F)cnc21. The van der Waals surface area contributed by atoms with Crippen molar-refractivity contribution in [3.8, 4) is 5.69 Å². The lowest BCUT2D eigenvalue weighted by molar-refractivity contribution is -0.143. The number of carbonyl (C=O) groups is 1. The monoisotopic (exact) mass is 465 g/mol. The van der Waals surface area contributed by atoms with Gasteiger partial charge in [0.2, 0.25) is 0 Å². The average molecular weight is 465 g/mol. The van der Waals surface area contributed by atoms with Gasteiger partial charge in [0.1, 0.15) is 5.70 Å². The molecule has 9 nitrogen and oxygen atoms in total. The molecule has 0 unspecified atom stereocenters. The molecule has 0 fully saturated rings. The van der Waals surface area contributed by atoms with E-state index >= 15 is 0 Å². The summed E-state index contributed by atoms with van der Waals surface area (Å²) in [5.74, 6) is 0.724. The van der Waals surface area contributed by atoms with Gasteiger partial charge in [-0.25, -0.2) is 14.5 Å². The first-order valence-electron chi connectivity index (χ1n) is 9.84. The normalized spacial score (nSPS) is 12.9. The predicted molar refractivity (Wildman–Crippen MR) is 116 cm³/mol. The van der Waals surface area contributed by atoms with Crippen LogP contribution in [0.5, 0.6) is 0 Å². The van der Waals surface area contributed by atoms with Crippen LogP contribution in [0.2, 0.25) is 0 Å². The van der Waals surface area contributed by atoms with Gasteiger partial charge in [0, 0.05) is 29.8 Å². The number of carbonyl (C=O) groups excluding carboxylic acids is 2. The maximum atomic E-state index is 14.2. The van der Waals surface area contributed by atoms with E-state index in [0.29, 0.717) is 26.8 Å². The third-order valence-electron chi connectivity index (χ3n) is 5.27.